The maximum Gasteiger partial charge on any atom is 0.317 e. The van der Waals surface area contributed by atoms with Crippen molar-refractivity contribution in [2.75, 3.05) is 13.3 Å². The molecule has 5 nitrogen and oxygen atoms in total. The number of carbonyl (C=O) groups excluding carboxylic acids is 1. The van der Waals surface area contributed by atoms with E-state index in [1.807, 2.05) is 39.0 Å². The maximum absolute atomic E-state index is 11.5. The molecule has 1 atom stereocenters. The third-order valence-electron chi connectivity index (χ3n) is 3.00. The van der Waals surface area contributed by atoms with Crippen LogP contribution in [0, 0.1) is 13.8 Å². The molecule has 0 saturated carbocycles. The molecule has 0 aromatic heterocycles. The normalized spacial score (nSPS) is 11.8. The van der Waals surface area contributed by atoms with Gasteiger partial charge < -0.3 is 20.5 Å². The number of hydrogen-bond acceptors (Lipinski definition) is 3. The molecule has 0 saturated heterocycles. The molecule has 106 valence electrons. The molecule has 0 aliphatic carbocycles. The van der Waals surface area contributed by atoms with Crippen LogP contribution in [0.25, 0.3) is 0 Å². The van der Waals surface area contributed by atoms with E-state index in [-0.39, 0.29) is 25.4 Å². The SMILES string of the molecule is CCC(CO)NC(=O)NCOc1ccc(C)c(C)c1. The number of aliphatic hydroxyl groups is 1. The highest BCUT2D eigenvalue weighted by atomic mass is 16.5. The summed E-state index contributed by atoms with van der Waals surface area (Å²) in [4.78, 5) is 11.5. The fourth-order valence-corrected chi connectivity index (χ4v) is 1.50. The summed E-state index contributed by atoms with van der Waals surface area (Å²) in [5.74, 6) is 0.720. The Morgan fingerprint density at radius 1 is 1.37 bits per heavy atom. The Kier molecular flexibility index (Phi) is 6.15. The summed E-state index contributed by atoms with van der Waals surface area (Å²) in [6, 6.07) is 5.21. The van der Waals surface area contributed by atoms with Gasteiger partial charge in [-0.15, -0.1) is 0 Å². The number of ether oxygens (including phenoxy) is 1. The molecule has 0 spiro atoms. The van der Waals surface area contributed by atoms with Crippen LogP contribution in [0.2, 0.25) is 0 Å². The Hall–Kier alpha value is -1.75. The van der Waals surface area contributed by atoms with Crippen LogP contribution in [0.1, 0.15) is 24.5 Å². The van der Waals surface area contributed by atoms with Crippen molar-refractivity contribution in [1.82, 2.24) is 10.6 Å². The van der Waals surface area contributed by atoms with Crippen LogP contribution < -0.4 is 15.4 Å². The highest BCUT2D eigenvalue weighted by Gasteiger charge is 2.08. The zero-order valence-corrected chi connectivity index (χ0v) is 11.7. The topological polar surface area (TPSA) is 70.6 Å². The van der Waals surface area contributed by atoms with Crippen LogP contribution in [0.4, 0.5) is 4.79 Å². The molecule has 1 unspecified atom stereocenters. The number of nitrogens with one attached hydrogen (secondary N) is 2. The van der Waals surface area contributed by atoms with Crippen molar-refractivity contribution >= 4 is 6.03 Å². The number of benzene rings is 1. The van der Waals surface area contributed by atoms with Crippen molar-refractivity contribution in [3.8, 4) is 5.75 Å². The number of amides is 2. The minimum Gasteiger partial charge on any atom is -0.473 e. The fraction of sp³-hybridized carbons (Fsp3) is 0.500. The molecule has 0 aliphatic heterocycles. The van der Waals surface area contributed by atoms with Crippen molar-refractivity contribution in [2.24, 2.45) is 0 Å². The molecule has 0 radical (unpaired) electrons. The Morgan fingerprint density at radius 3 is 2.68 bits per heavy atom. The monoisotopic (exact) mass is 266 g/mol. The van der Waals surface area contributed by atoms with Gasteiger partial charge in [-0.05, 0) is 43.5 Å². The molecule has 1 aromatic rings. The third-order valence-corrected chi connectivity index (χ3v) is 3.00. The van der Waals surface area contributed by atoms with Crippen molar-refractivity contribution in [1.29, 1.82) is 0 Å². The van der Waals surface area contributed by atoms with Gasteiger partial charge in [-0.1, -0.05) is 13.0 Å². The van der Waals surface area contributed by atoms with E-state index in [4.69, 9.17) is 9.84 Å². The first kappa shape index (κ1) is 15.3. The second-order valence-corrected chi connectivity index (χ2v) is 4.47. The van der Waals surface area contributed by atoms with E-state index in [9.17, 15) is 4.79 Å². The molecule has 2 amide bonds. The Morgan fingerprint density at radius 2 is 2.11 bits per heavy atom. The van der Waals surface area contributed by atoms with E-state index < -0.39 is 0 Å². The van der Waals surface area contributed by atoms with E-state index in [2.05, 4.69) is 10.6 Å². The molecule has 5 heteroatoms. The minimum absolute atomic E-state index is 0.0675. The molecule has 1 aromatic carbocycles. The second kappa shape index (κ2) is 7.63. The fourth-order valence-electron chi connectivity index (χ4n) is 1.50. The average Bonchev–Trinajstić information content (AvgIpc) is 2.40. The van der Waals surface area contributed by atoms with E-state index in [1.54, 1.807) is 0 Å². The molecule has 0 aliphatic rings. The number of aryl methyl sites for hydroxylation is 2. The quantitative estimate of drug-likeness (QED) is 0.686. The van der Waals surface area contributed by atoms with Crippen LogP contribution >= 0.6 is 0 Å². The van der Waals surface area contributed by atoms with Crippen LogP contribution in [0.3, 0.4) is 0 Å². The van der Waals surface area contributed by atoms with E-state index >= 15 is 0 Å². The lowest BCUT2D eigenvalue weighted by atomic mass is 10.1. The predicted octanol–water partition coefficient (Wildman–Crippen LogP) is 1.71. The summed E-state index contributed by atoms with van der Waals surface area (Å²) < 4.78 is 5.43. The molecule has 0 fully saturated rings. The molecule has 0 bridgehead atoms. The number of urea groups is 1. The van der Waals surface area contributed by atoms with Crippen LogP contribution in [0.15, 0.2) is 18.2 Å². The van der Waals surface area contributed by atoms with Gasteiger partial charge in [-0.25, -0.2) is 4.79 Å². The summed E-state index contributed by atoms with van der Waals surface area (Å²) in [6.45, 7) is 5.96. The highest BCUT2D eigenvalue weighted by molar-refractivity contribution is 5.74. The van der Waals surface area contributed by atoms with E-state index in [0.717, 1.165) is 11.3 Å². The van der Waals surface area contributed by atoms with Crippen LogP contribution in [-0.2, 0) is 0 Å². The molecule has 3 N–H and O–H groups in total. The van der Waals surface area contributed by atoms with Gasteiger partial charge in [0.05, 0.1) is 12.6 Å². The zero-order chi connectivity index (χ0) is 14.3. The number of rotatable bonds is 6. The molecule has 19 heavy (non-hydrogen) atoms. The van der Waals surface area contributed by atoms with Gasteiger partial charge in [0.25, 0.3) is 0 Å². The van der Waals surface area contributed by atoms with Crippen molar-refractivity contribution in [3.63, 3.8) is 0 Å². The van der Waals surface area contributed by atoms with Crippen molar-refractivity contribution in [3.05, 3.63) is 29.3 Å². The van der Waals surface area contributed by atoms with Gasteiger partial charge in [-0.3, -0.25) is 0 Å². The average molecular weight is 266 g/mol. The summed E-state index contributed by atoms with van der Waals surface area (Å²) in [6.07, 6.45) is 0.682. The molecular formula is C14H22N2O3. The molecule has 0 heterocycles. The Labute approximate surface area is 114 Å². The first-order valence-corrected chi connectivity index (χ1v) is 6.42. The van der Waals surface area contributed by atoms with Gasteiger partial charge in [0.2, 0.25) is 0 Å². The third kappa shape index (κ3) is 5.18. The van der Waals surface area contributed by atoms with Gasteiger partial charge in [-0.2, -0.15) is 0 Å². The number of hydrogen-bond donors (Lipinski definition) is 3. The maximum atomic E-state index is 11.5. The van der Waals surface area contributed by atoms with Crippen LogP contribution in [-0.4, -0.2) is 30.5 Å². The number of carbonyl (C=O) groups is 1. The largest absolute Gasteiger partial charge is 0.473 e. The first-order chi connectivity index (χ1) is 9.06. The van der Waals surface area contributed by atoms with E-state index in [0.29, 0.717) is 6.42 Å². The standard InChI is InChI=1S/C14H22N2O3/c1-4-12(8-17)16-14(18)15-9-19-13-6-5-10(2)11(3)7-13/h5-7,12,17H,4,8-9H2,1-3H3,(H2,15,16,18). The van der Waals surface area contributed by atoms with Crippen molar-refractivity contribution < 1.29 is 14.6 Å². The lowest BCUT2D eigenvalue weighted by Crippen LogP contribution is -2.44. The smallest absolute Gasteiger partial charge is 0.317 e. The highest BCUT2D eigenvalue weighted by Crippen LogP contribution is 2.15. The summed E-state index contributed by atoms with van der Waals surface area (Å²) in [5.41, 5.74) is 2.35. The molecular weight excluding hydrogens is 244 g/mol. The lowest BCUT2D eigenvalue weighted by Gasteiger charge is -2.15. The molecule has 1 rings (SSSR count). The zero-order valence-electron chi connectivity index (χ0n) is 11.7. The second-order valence-electron chi connectivity index (χ2n) is 4.47. The lowest BCUT2D eigenvalue weighted by molar-refractivity contribution is 0.204. The predicted molar refractivity (Wildman–Crippen MR) is 74.2 cm³/mol. The summed E-state index contributed by atoms with van der Waals surface area (Å²) in [5, 5.41) is 14.2. The van der Waals surface area contributed by atoms with Gasteiger partial charge in [0, 0.05) is 0 Å². The Balaban J connectivity index is 2.33. The summed E-state index contributed by atoms with van der Waals surface area (Å²) in [7, 11) is 0. The minimum atomic E-state index is -0.343. The van der Waals surface area contributed by atoms with E-state index in [1.165, 1.54) is 5.56 Å². The summed E-state index contributed by atoms with van der Waals surface area (Å²) >= 11 is 0. The van der Waals surface area contributed by atoms with Crippen LogP contribution in [0.5, 0.6) is 5.75 Å². The van der Waals surface area contributed by atoms with Gasteiger partial charge >= 0.3 is 6.03 Å². The van der Waals surface area contributed by atoms with Gasteiger partial charge in [0.1, 0.15) is 5.75 Å². The first-order valence-electron chi connectivity index (χ1n) is 6.42. The van der Waals surface area contributed by atoms with Gasteiger partial charge in [0.15, 0.2) is 6.73 Å². The van der Waals surface area contributed by atoms with Crippen molar-refractivity contribution in [2.45, 2.75) is 33.2 Å². The Bertz CT molecular complexity index is 417. The number of aliphatic hydroxyl groups excluding tert-OH is 1.